The van der Waals surface area contributed by atoms with Gasteiger partial charge in [-0.2, -0.15) is 10.1 Å². The maximum atomic E-state index is 4.78. The predicted octanol–water partition coefficient (Wildman–Crippen LogP) is 3.13. The molecular formula is C20H29N7. The molecule has 0 bridgehead atoms. The molecule has 0 amide bonds. The van der Waals surface area contributed by atoms with Crippen molar-refractivity contribution in [1.82, 2.24) is 25.1 Å². The van der Waals surface area contributed by atoms with Gasteiger partial charge in [-0.3, -0.25) is 5.10 Å². The van der Waals surface area contributed by atoms with E-state index in [2.05, 4.69) is 43.4 Å². The highest BCUT2D eigenvalue weighted by atomic mass is 15.3. The van der Waals surface area contributed by atoms with Gasteiger partial charge in [-0.25, -0.2) is 4.98 Å². The van der Waals surface area contributed by atoms with Crippen molar-refractivity contribution in [3.8, 4) is 0 Å². The number of hydrogen-bond donors (Lipinski definition) is 2. The van der Waals surface area contributed by atoms with Gasteiger partial charge in [-0.15, -0.1) is 0 Å². The third kappa shape index (κ3) is 3.40. The summed E-state index contributed by atoms with van der Waals surface area (Å²) in [7, 11) is 2.20. The van der Waals surface area contributed by atoms with Crippen molar-refractivity contribution in [3.05, 3.63) is 24.0 Å². The first kappa shape index (κ1) is 17.0. The van der Waals surface area contributed by atoms with E-state index in [4.69, 9.17) is 4.98 Å². The number of hydrogen-bond acceptors (Lipinski definition) is 6. The smallest absolute Gasteiger partial charge is 0.227 e. The van der Waals surface area contributed by atoms with Crippen molar-refractivity contribution >= 4 is 17.6 Å². The molecule has 7 heteroatoms. The fraction of sp³-hybridized carbons (Fsp3) is 0.650. The topological polar surface area (TPSA) is 73.0 Å². The molecule has 1 spiro atoms. The van der Waals surface area contributed by atoms with E-state index in [0.29, 0.717) is 11.3 Å². The summed E-state index contributed by atoms with van der Waals surface area (Å²) < 4.78 is 0. The van der Waals surface area contributed by atoms with Gasteiger partial charge < -0.3 is 15.1 Å². The molecule has 2 aromatic rings. The van der Waals surface area contributed by atoms with E-state index in [-0.39, 0.29) is 0 Å². The Kier molecular flexibility index (Phi) is 4.27. The summed E-state index contributed by atoms with van der Waals surface area (Å²) in [5, 5.41) is 11.0. The predicted molar refractivity (Wildman–Crippen MR) is 106 cm³/mol. The Morgan fingerprint density at radius 3 is 2.81 bits per heavy atom. The molecule has 2 aliphatic heterocycles. The van der Waals surface area contributed by atoms with E-state index in [1.165, 1.54) is 57.3 Å². The van der Waals surface area contributed by atoms with Crippen LogP contribution in [0.25, 0.3) is 0 Å². The van der Waals surface area contributed by atoms with Gasteiger partial charge in [0.1, 0.15) is 5.82 Å². The van der Waals surface area contributed by atoms with Gasteiger partial charge in [0.2, 0.25) is 5.95 Å². The molecule has 0 unspecified atom stereocenters. The van der Waals surface area contributed by atoms with Crippen LogP contribution in [0.2, 0.25) is 0 Å². The molecule has 1 saturated carbocycles. The molecule has 27 heavy (non-hydrogen) atoms. The van der Waals surface area contributed by atoms with Crippen molar-refractivity contribution in [2.24, 2.45) is 5.41 Å². The molecule has 3 fully saturated rings. The standard InChI is InChI=1S/C20H29N7/c1-26-12-20(13-26)8-4-10-27(14-20)19-21-9-7-17(23-19)22-18-11-16(24-25-18)15-5-2-3-6-15/h7,9,11,15H,2-6,8,10,12-14H2,1H3,(H2,21,22,23,24,25). The Labute approximate surface area is 160 Å². The zero-order chi connectivity index (χ0) is 18.3. The quantitative estimate of drug-likeness (QED) is 0.865. The molecule has 2 saturated heterocycles. The van der Waals surface area contributed by atoms with Crippen LogP contribution in [0.5, 0.6) is 0 Å². The maximum Gasteiger partial charge on any atom is 0.227 e. The van der Waals surface area contributed by atoms with Crippen LogP contribution in [0.3, 0.4) is 0 Å². The lowest BCUT2D eigenvalue weighted by atomic mass is 9.74. The Morgan fingerprint density at radius 2 is 2.00 bits per heavy atom. The molecule has 4 heterocycles. The number of aromatic nitrogens is 4. The van der Waals surface area contributed by atoms with Gasteiger partial charge >= 0.3 is 0 Å². The summed E-state index contributed by atoms with van der Waals surface area (Å²) >= 11 is 0. The fourth-order valence-electron chi connectivity index (χ4n) is 5.28. The summed E-state index contributed by atoms with van der Waals surface area (Å²) in [5.74, 6) is 3.13. The van der Waals surface area contributed by atoms with Crippen LogP contribution in [0.15, 0.2) is 18.3 Å². The summed E-state index contributed by atoms with van der Waals surface area (Å²) in [4.78, 5) is 14.1. The van der Waals surface area contributed by atoms with Crippen molar-refractivity contribution < 1.29 is 0 Å². The molecular weight excluding hydrogens is 338 g/mol. The minimum absolute atomic E-state index is 0.443. The van der Waals surface area contributed by atoms with Crippen molar-refractivity contribution in [2.45, 2.75) is 44.4 Å². The minimum Gasteiger partial charge on any atom is -0.340 e. The van der Waals surface area contributed by atoms with E-state index in [0.717, 1.165) is 30.7 Å². The lowest BCUT2D eigenvalue weighted by Gasteiger charge is -2.53. The van der Waals surface area contributed by atoms with Gasteiger partial charge in [0, 0.05) is 55.5 Å². The van der Waals surface area contributed by atoms with Gasteiger partial charge in [0.15, 0.2) is 5.82 Å². The molecule has 2 aromatic heterocycles. The third-order valence-corrected chi connectivity index (χ3v) is 6.45. The van der Waals surface area contributed by atoms with E-state index >= 15 is 0 Å². The van der Waals surface area contributed by atoms with Gasteiger partial charge in [-0.05, 0) is 38.8 Å². The first-order chi connectivity index (χ1) is 13.2. The van der Waals surface area contributed by atoms with Gasteiger partial charge in [0.25, 0.3) is 0 Å². The summed E-state index contributed by atoms with van der Waals surface area (Å²) in [6.45, 7) is 4.50. The highest BCUT2D eigenvalue weighted by molar-refractivity contribution is 5.53. The molecule has 0 atom stereocenters. The molecule has 0 aromatic carbocycles. The molecule has 1 aliphatic carbocycles. The van der Waals surface area contributed by atoms with Crippen LogP contribution in [0, 0.1) is 5.41 Å². The highest BCUT2D eigenvalue weighted by Crippen LogP contribution is 2.39. The normalized spacial score (nSPS) is 22.9. The van der Waals surface area contributed by atoms with E-state index in [9.17, 15) is 0 Å². The van der Waals surface area contributed by atoms with E-state index in [1.54, 1.807) is 0 Å². The SMILES string of the molecule is CN1CC2(CCCN(c3nccc(Nc4cc(C5CCCC5)[nH]n4)n3)C2)C1. The molecule has 3 aliphatic rings. The number of aromatic amines is 1. The Balaban J connectivity index is 1.28. The van der Waals surface area contributed by atoms with Gasteiger partial charge in [0.05, 0.1) is 0 Å². The average Bonchev–Trinajstić information content (AvgIpc) is 3.33. The lowest BCUT2D eigenvalue weighted by molar-refractivity contribution is 0.00986. The molecule has 2 N–H and O–H groups in total. The first-order valence-corrected chi connectivity index (χ1v) is 10.3. The second kappa shape index (κ2) is 6.78. The molecule has 144 valence electrons. The van der Waals surface area contributed by atoms with Crippen LogP contribution in [0.1, 0.15) is 50.1 Å². The summed E-state index contributed by atoms with van der Waals surface area (Å²) in [6, 6.07) is 4.06. The van der Waals surface area contributed by atoms with Crippen molar-refractivity contribution in [2.75, 3.05) is 43.4 Å². The Morgan fingerprint density at radius 1 is 1.15 bits per heavy atom. The second-order valence-electron chi connectivity index (χ2n) is 8.75. The highest BCUT2D eigenvalue weighted by Gasteiger charge is 2.44. The number of rotatable bonds is 4. The summed E-state index contributed by atoms with van der Waals surface area (Å²) in [5.41, 5.74) is 1.69. The zero-order valence-electron chi connectivity index (χ0n) is 16.1. The van der Waals surface area contributed by atoms with E-state index in [1.807, 2.05) is 12.3 Å². The van der Waals surface area contributed by atoms with Crippen LogP contribution in [-0.4, -0.2) is 58.3 Å². The van der Waals surface area contributed by atoms with Crippen LogP contribution < -0.4 is 10.2 Å². The number of likely N-dealkylation sites (tertiary alicyclic amines) is 1. The zero-order valence-corrected chi connectivity index (χ0v) is 16.1. The monoisotopic (exact) mass is 367 g/mol. The number of nitrogens with zero attached hydrogens (tertiary/aromatic N) is 5. The third-order valence-electron chi connectivity index (χ3n) is 6.45. The average molecular weight is 368 g/mol. The lowest BCUT2D eigenvalue weighted by Crippen LogP contribution is -2.61. The number of piperidine rings is 1. The van der Waals surface area contributed by atoms with Gasteiger partial charge in [-0.1, -0.05) is 12.8 Å². The van der Waals surface area contributed by atoms with Crippen LogP contribution in [-0.2, 0) is 0 Å². The van der Waals surface area contributed by atoms with E-state index < -0.39 is 0 Å². The first-order valence-electron chi connectivity index (χ1n) is 10.3. The Bertz CT molecular complexity index is 784. The molecule has 7 nitrogen and oxygen atoms in total. The van der Waals surface area contributed by atoms with Crippen LogP contribution >= 0.6 is 0 Å². The minimum atomic E-state index is 0.443. The number of H-pyrrole nitrogens is 1. The Hall–Kier alpha value is -2.15. The number of nitrogens with one attached hydrogen (secondary N) is 2. The second-order valence-corrected chi connectivity index (χ2v) is 8.75. The molecule has 0 radical (unpaired) electrons. The van der Waals surface area contributed by atoms with Crippen molar-refractivity contribution in [3.63, 3.8) is 0 Å². The summed E-state index contributed by atoms with van der Waals surface area (Å²) in [6.07, 6.45) is 9.59. The van der Waals surface area contributed by atoms with Crippen LogP contribution in [0.4, 0.5) is 17.6 Å². The fourth-order valence-corrected chi connectivity index (χ4v) is 5.28. The number of anilines is 3. The largest absolute Gasteiger partial charge is 0.340 e. The maximum absolute atomic E-state index is 4.78. The van der Waals surface area contributed by atoms with Crippen molar-refractivity contribution in [1.29, 1.82) is 0 Å². The molecule has 5 rings (SSSR count).